The second-order valence-electron chi connectivity index (χ2n) is 3.43. The molecule has 0 atom stereocenters. The Morgan fingerprint density at radius 1 is 1.28 bits per heavy atom. The minimum absolute atomic E-state index is 0.640. The molecule has 4 nitrogen and oxygen atoms in total. The van der Waals surface area contributed by atoms with Crippen LogP contribution in [0.3, 0.4) is 0 Å². The van der Waals surface area contributed by atoms with Gasteiger partial charge in [0.15, 0.2) is 11.3 Å². The van der Waals surface area contributed by atoms with Gasteiger partial charge in [-0.25, -0.2) is 15.0 Å². The fraction of sp³-hybridized carbons (Fsp3) is 0.308. The van der Waals surface area contributed by atoms with E-state index in [0.717, 1.165) is 10.7 Å². The van der Waals surface area contributed by atoms with Gasteiger partial charge in [-0.1, -0.05) is 37.8 Å². The van der Waals surface area contributed by atoms with Gasteiger partial charge >= 0.3 is 0 Å². The number of nitrogens with zero attached hydrogens (tertiary/aromatic N) is 3. The quantitative estimate of drug-likeness (QED) is 0.908. The molecule has 2 heterocycles. The van der Waals surface area contributed by atoms with Crippen molar-refractivity contribution in [2.75, 3.05) is 0 Å². The molecule has 2 aromatic rings. The number of hydrogen-bond donors (Lipinski definition) is 1. The average Bonchev–Trinajstić information content (AvgIpc) is 2.81. The van der Waals surface area contributed by atoms with Crippen molar-refractivity contribution >= 4 is 28.0 Å². The van der Waals surface area contributed by atoms with Crippen LogP contribution < -0.4 is 0 Å². The van der Waals surface area contributed by atoms with Gasteiger partial charge in [0, 0.05) is 12.4 Å². The van der Waals surface area contributed by atoms with E-state index in [0.29, 0.717) is 11.3 Å². The lowest BCUT2D eigenvalue weighted by atomic mass is 10.3. The van der Waals surface area contributed by atoms with Crippen molar-refractivity contribution in [2.24, 2.45) is 0 Å². The summed E-state index contributed by atoms with van der Waals surface area (Å²) in [4.78, 5) is 16.9. The molecule has 5 heteroatoms. The van der Waals surface area contributed by atoms with Crippen molar-refractivity contribution in [3.63, 3.8) is 0 Å². The first-order chi connectivity index (χ1) is 8.72. The van der Waals surface area contributed by atoms with Crippen LogP contribution in [0.5, 0.6) is 0 Å². The van der Waals surface area contributed by atoms with E-state index in [2.05, 4.69) is 26.5 Å². The van der Waals surface area contributed by atoms with Gasteiger partial charge < -0.3 is 4.98 Å². The standard InChI is InChI=1S/C11H12N4S.C2H6/c1-4-16-8(7(2)3)9-14-10-11(15-9)13-6-5-12-10;1-2/h4-6H,1H2,2-3H3,(H,12,13,14,15);1-2H3. The van der Waals surface area contributed by atoms with Crippen LogP contribution in [0.25, 0.3) is 16.2 Å². The maximum absolute atomic E-state index is 4.40. The van der Waals surface area contributed by atoms with Gasteiger partial charge in [-0.05, 0) is 19.3 Å². The molecule has 0 amide bonds. The van der Waals surface area contributed by atoms with Crippen molar-refractivity contribution in [3.05, 3.63) is 35.8 Å². The summed E-state index contributed by atoms with van der Waals surface area (Å²) in [5.74, 6) is 0.797. The van der Waals surface area contributed by atoms with Crippen LogP contribution in [0.1, 0.15) is 33.5 Å². The predicted molar refractivity (Wildman–Crippen MR) is 79.1 cm³/mol. The number of nitrogens with one attached hydrogen (secondary N) is 1. The lowest BCUT2D eigenvalue weighted by Crippen LogP contribution is -1.85. The van der Waals surface area contributed by atoms with Crippen molar-refractivity contribution < 1.29 is 0 Å². The fourth-order valence-corrected chi connectivity index (χ4v) is 1.96. The molecule has 0 bridgehead atoms. The second kappa shape index (κ2) is 6.96. The van der Waals surface area contributed by atoms with Crippen molar-refractivity contribution in [3.8, 4) is 0 Å². The lowest BCUT2D eigenvalue weighted by Gasteiger charge is -2.01. The number of hydrogen-bond acceptors (Lipinski definition) is 4. The number of H-pyrrole nitrogens is 1. The van der Waals surface area contributed by atoms with E-state index in [1.165, 1.54) is 5.57 Å². The first kappa shape index (κ1) is 14.4. The Labute approximate surface area is 112 Å². The SMILES string of the molecule is C=CSC(=C(C)C)c1nc2nccnc2[nH]1.CC. The van der Waals surface area contributed by atoms with E-state index in [-0.39, 0.29) is 0 Å². The summed E-state index contributed by atoms with van der Waals surface area (Å²) in [5, 5.41) is 1.79. The van der Waals surface area contributed by atoms with E-state index in [4.69, 9.17) is 0 Å². The van der Waals surface area contributed by atoms with E-state index >= 15 is 0 Å². The van der Waals surface area contributed by atoms with E-state index in [9.17, 15) is 0 Å². The molecule has 18 heavy (non-hydrogen) atoms. The molecule has 2 rings (SSSR count). The Kier molecular flexibility index (Phi) is 5.58. The van der Waals surface area contributed by atoms with Gasteiger partial charge in [-0.15, -0.1) is 0 Å². The van der Waals surface area contributed by atoms with Crippen LogP contribution in [0, 0.1) is 0 Å². The van der Waals surface area contributed by atoms with Gasteiger partial charge in [0.25, 0.3) is 0 Å². The smallest absolute Gasteiger partial charge is 0.197 e. The zero-order chi connectivity index (χ0) is 13.5. The van der Waals surface area contributed by atoms with Gasteiger partial charge in [-0.2, -0.15) is 0 Å². The van der Waals surface area contributed by atoms with Crippen LogP contribution in [-0.2, 0) is 0 Å². The highest BCUT2D eigenvalue weighted by Crippen LogP contribution is 2.29. The highest BCUT2D eigenvalue weighted by Gasteiger charge is 2.09. The highest BCUT2D eigenvalue weighted by molar-refractivity contribution is 8.10. The number of aromatic amines is 1. The zero-order valence-electron chi connectivity index (χ0n) is 11.2. The number of thioether (sulfide) groups is 1. The Balaban J connectivity index is 0.000000771. The number of allylic oxidation sites excluding steroid dienone is 1. The number of imidazole rings is 1. The summed E-state index contributed by atoms with van der Waals surface area (Å²) in [6, 6.07) is 0. The number of rotatable bonds is 3. The summed E-state index contributed by atoms with van der Waals surface area (Å²) in [6.07, 6.45) is 3.28. The van der Waals surface area contributed by atoms with Gasteiger partial charge in [0.05, 0.1) is 4.91 Å². The number of fused-ring (bicyclic) bond motifs is 1. The van der Waals surface area contributed by atoms with Gasteiger partial charge in [0.1, 0.15) is 5.82 Å². The molecule has 1 N–H and O–H groups in total. The normalized spacial score (nSPS) is 9.56. The van der Waals surface area contributed by atoms with Crippen LogP contribution in [0.2, 0.25) is 0 Å². The van der Waals surface area contributed by atoms with Crippen molar-refractivity contribution in [1.82, 2.24) is 19.9 Å². The second-order valence-corrected chi connectivity index (χ2v) is 4.40. The molecule has 96 valence electrons. The van der Waals surface area contributed by atoms with Crippen LogP contribution in [0.4, 0.5) is 0 Å². The lowest BCUT2D eigenvalue weighted by molar-refractivity contribution is 1.24. The minimum Gasteiger partial charge on any atom is -0.321 e. The summed E-state index contributed by atoms with van der Waals surface area (Å²) >= 11 is 1.55. The highest BCUT2D eigenvalue weighted by atomic mass is 32.2. The van der Waals surface area contributed by atoms with Gasteiger partial charge in [0.2, 0.25) is 0 Å². The van der Waals surface area contributed by atoms with Gasteiger partial charge in [-0.3, -0.25) is 0 Å². The third-order valence-corrected chi connectivity index (χ3v) is 3.01. The molecular formula is C13H18N4S. The summed E-state index contributed by atoms with van der Waals surface area (Å²) in [6.45, 7) is 11.8. The molecule has 0 aliphatic heterocycles. The van der Waals surface area contributed by atoms with E-state index in [1.54, 1.807) is 29.6 Å². The van der Waals surface area contributed by atoms with Crippen LogP contribution in [0.15, 0.2) is 30.0 Å². The largest absolute Gasteiger partial charge is 0.321 e. The summed E-state index contributed by atoms with van der Waals surface area (Å²) in [5.41, 5.74) is 2.53. The van der Waals surface area contributed by atoms with Crippen molar-refractivity contribution in [1.29, 1.82) is 0 Å². The topological polar surface area (TPSA) is 54.5 Å². The van der Waals surface area contributed by atoms with Crippen LogP contribution >= 0.6 is 11.8 Å². The molecule has 0 unspecified atom stereocenters. The zero-order valence-corrected chi connectivity index (χ0v) is 12.0. The third-order valence-electron chi connectivity index (χ3n) is 2.00. The van der Waals surface area contributed by atoms with E-state index < -0.39 is 0 Å². The molecule has 0 aliphatic rings. The number of aromatic nitrogens is 4. The minimum atomic E-state index is 0.640. The molecule has 0 saturated heterocycles. The molecule has 0 saturated carbocycles. The van der Waals surface area contributed by atoms with E-state index in [1.807, 2.05) is 27.7 Å². The third kappa shape index (κ3) is 3.20. The molecular weight excluding hydrogens is 244 g/mol. The van der Waals surface area contributed by atoms with Crippen molar-refractivity contribution in [2.45, 2.75) is 27.7 Å². The summed E-state index contributed by atoms with van der Waals surface area (Å²) in [7, 11) is 0. The van der Waals surface area contributed by atoms with Crippen LogP contribution in [-0.4, -0.2) is 19.9 Å². The Bertz CT molecular complexity index is 520. The Morgan fingerprint density at radius 3 is 2.50 bits per heavy atom. The maximum Gasteiger partial charge on any atom is 0.197 e. The first-order valence-electron chi connectivity index (χ1n) is 5.84. The maximum atomic E-state index is 4.40. The molecule has 0 aliphatic carbocycles. The Hall–Kier alpha value is -1.62. The first-order valence-corrected chi connectivity index (χ1v) is 6.72. The monoisotopic (exact) mass is 262 g/mol. The average molecular weight is 262 g/mol. The fourth-order valence-electron chi connectivity index (χ4n) is 1.35. The molecule has 0 spiro atoms. The molecule has 0 radical (unpaired) electrons. The molecule has 0 aromatic carbocycles. The molecule has 2 aromatic heterocycles. The summed E-state index contributed by atoms with van der Waals surface area (Å²) < 4.78 is 0. The predicted octanol–water partition coefficient (Wildman–Crippen LogP) is 4.01. The Morgan fingerprint density at radius 2 is 1.94 bits per heavy atom. The molecule has 0 fully saturated rings.